The predicted molar refractivity (Wildman–Crippen MR) is 138 cm³/mol. The number of amides is 2. The molecule has 0 aromatic heterocycles. The molecule has 34 heavy (non-hydrogen) atoms. The van der Waals surface area contributed by atoms with Crippen LogP contribution >= 0.6 is 23.4 Å². The first-order chi connectivity index (χ1) is 16.5. The van der Waals surface area contributed by atoms with Crippen molar-refractivity contribution >= 4 is 40.9 Å². The molecule has 1 aliphatic carbocycles. The first kappa shape index (κ1) is 23.0. The maximum atomic E-state index is 13.7. The van der Waals surface area contributed by atoms with E-state index in [0.29, 0.717) is 28.6 Å². The molecule has 2 amide bonds. The van der Waals surface area contributed by atoms with Gasteiger partial charge in [-0.15, -0.1) is 0 Å². The van der Waals surface area contributed by atoms with Gasteiger partial charge in [0.1, 0.15) is 0 Å². The third-order valence-electron chi connectivity index (χ3n) is 6.81. The Morgan fingerprint density at radius 2 is 1.79 bits per heavy atom. The Balaban J connectivity index is 1.53. The molecule has 4 nitrogen and oxygen atoms in total. The molecule has 3 aromatic carbocycles. The van der Waals surface area contributed by atoms with Gasteiger partial charge in [0.05, 0.1) is 17.8 Å². The van der Waals surface area contributed by atoms with Gasteiger partial charge in [-0.05, 0) is 60.7 Å². The summed E-state index contributed by atoms with van der Waals surface area (Å²) in [6, 6.07) is 21.1. The van der Waals surface area contributed by atoms with Crippen LogP contribution in [0.5, 0.6) is 0 Å². The van der Waals surface area contributed by atoms with Crippen LogP contribution in [0.1, 0.15) is 58.9 Å². The van der Waals surface area contributed by atoms with Crippen LogP contribution in [0.15, 0.2) is 76.5 Å². The van der Waals surface area contributed by atoms with Crippen LogP contribution in [0, 0.1) is 5.92 Å². The van der Waals surface area contributed by atoms with Gasteiger partial charge in [-0.1, -0.05) is 73.5 Å². The Hall–Kier alpha value is -2.76. The normalized spacial score (nSPS) is 19.7. The molecule has 1 fully saturated rings. The lowest BCUT2D eigenvalue weighted by Crippen LogP contribution is -2.41. The van der Waals surface area contributed by atoms with Gasteiger partial charge in [-0.3, -0.25) is 9.59 Å². The molecule has 0 unspecified atom stereocenters. The molecule has 0 saturated heterocycles. The van der Waals surface area contributed by atoms with Crippen molar-refractivity contribution < 1.29 is 9.59 Å². The van der Waals surface area contributed by atoms with E-state index in [4.69, 9.17) is 11.6 Å². The first-order valence-corrected chi connectivity index (χ1v) is 13.0. The monoisotopic (exact) mass is 490 g/mol. The number of hydrogen-bond donors (Lipinski definition) is 1. The number of rotatable bonds is 4. The average Bonchev–Trinajstić information content (AvgIpc) is 2.96. The van der Waals surface area contributed by atoms with E-state index in [1.807, 2.05) is 66.7 Å². The minimum atomic E-state index is -0.0970. The van der Waals surface area contributed by atoms with E-state index in [0.717, 1.165) is 40.3 Å². The van der Waals surface area contributed by atoms with Gasteiger partial charge in [0, 0.05) is 26.4 Å². The molecular weight excluding hydrogens is 464 g/mol. The number of nitrogens with zero attached hydrogens (tertiary/aromatic N) is 1. The number of fused-ring (bicyclic) bond motifs is 2. The van der Waals surface area contributed by atoms with Gasteiger partial charge < -0.3 is 10.2 Å². The molecular formula is C28H27ClN2O2S. The minimum absolute atomic E-state index is 0.0848. The van der Waals surface area contributed by atoms with Crippen molar-refractivity contribution in [3.8, 4) is 0 Å². The van der Waals surface area contributed by atoms with Crippen LogP contribution in [0.25, 0.3) is 0 Å². The summed E-state index contributed by atoms with van der Waals surface area (Å²) in [5, 5.41) is 3.85. The summed E-state index contributed by atoms with van der Waals surface area (Å²) in [4.78, 5) is 30.5. The molecule has 2 atom stereocenters. The molecule has 0 bridgehead atoms. The highest BCUT2D eigenvalue weighted by molar-refractivity contribution is 7.99. The molecule has 3 aromatic rings. The van der Waals surface area contributed by atoms with E-state index in [2.05, 4.69) is 12.2 Å². The molecule has 174 valence electrons. The fourth-order valence-electron chi connectivity index (χ4n) is 4.80. The molecule has 0 radical (unpaired) electrons. The molecule has 1 aliphatic heterocycles. The van der Waals surface area contributed by atoms with Gasteiger partial charge in [-0.2, -0.15) is 0 Å². The van der Waals surface area contributed by atoms with Crippen molar-refractivity contribution in [1.29, 1.82) is 0 Å². The van der Waals surface area contributed by atoms with Crippen molar-refractivity contribution in [3.63, 3.8) is 0 Å². The van der Waals surface area contributed by atoms with Crippen LogP contribution in [-0.4, -0.2) is 17.9 Å². The van der Waals surface area contributed by atoms with Crippen LogP contribution < -0.4 is 10.2 Å². The lowest BCUT2D eigenvalue weighted by molar-refractivity contribution is 0.0908. The Kier molecular flexibility index (Phi) is 6.66. The first-order valence-electron chi connectivity index (χ1n) is 11.8. The maximum Gasteiger partial charge on any atom is 0.259 e. The lowest BCUT2D eigenvalue weighted by atomic mass is 9.86. The highest BCUT2D eigenvalue weighted by atomic mass is 35.5. The molecule has 1 saturated carbocycles. The summed E-state index contributed by atoms with van der Waals surface area (Å²) in [7, 11) is 0. The quantitative estimate of drug-likeness (QED) is 0.430. The van der Waals surface area contributed by atoms with Crippen molar-refractivity contribution in [1.82, 2.24) is 5.32 Å². The number of carbonyl (C=O) groups is 2. The zero-order chi connectivity index (χ0) is 23.7. The summed E-state index contributed by atoms with van der Waals surface area (Å²) < 4.78 is 0. The lowest BCUT2D eigenvalue weighted by Gasteiger charge is -2.29. The van der Waals surface area contributed by atoms with E-state index in [1.54, 1.807) is 16.7 Å². The third-order valence-corrected chi connectivity index (χ3v) is 8.32. The van der Waals surface area contributed by atoms with Gasteiger partial charge in [0.15, 0.2) is 0 Å². The van der Waals surface area contributed by atoms with E-state index in [-0.39, 0.29) is 17.9 Å². The maximum absolute atomic E-state index is 13.7. The highest BCUT2D eigenvalue weighted by Gasteiger charge is 2.29. The smallest absolute Gasteiger partial charge is 0.259 e. The predicted octanol–water partition coefficient (Wildman–Crippen LogP) is 6.96. The Morgan fingerprint density at radius 3 is 2.62 bits per heavy atom. The molecule has 2 aliphatic rings. The number of anilines is 1. The van der Waals surface area contributed by atoms with Crippen molar-refractivity contribution in [2.75, 3.05) is 4.90 Å². The standard InChI is InChI=1S/C28H27ClN2O2S/c1-18-8-2-6-12-23(18)30-27(32)19-14-15-26-24(16-19)31(17-20-9-3-5-11-22(20)29)28(33)21-10-4-7-13-25(21)34-26/h3-5,7,9-11,13-16,18,23H,2,6,8,12,17H2,1H3,(H,30,32)/t18-,23-/m0/s1. The molecule has 5 rings (SSSR count). The summed E-state index contributed by atoms with van der Waals surface area (Å²) in [5.74, 6) is 0.292. The largest absolute Gasteiger partial charge is 0.349 e. The molecule has 6 heteroatoms. The Labute approximate surface area is 209 Å². The van der Waals surface area contributed by atoms with Crippen LogP contribution in [0.3, 0.4) is 0 Å². The summed E-state index contributed by atoms with van der Waals surface area (Å²) in [6.45, 7) is 2.53. The van der Waals surface area contributed by atoms with Crippen LogP contribution in [-0.2, 0) is 6.54 Å². The van der Waals surface area contributed by atoms with Crippen LogP contribution in [0.2, 0.25) is 5.02 Å². The number of carbonyl (C=O) groups excluding carboxylic acids is 2. The number of nitrogens with one attached hydrogen (secondary N) is 1. The second kappa shape index (κ2) is 9.85. The molecule has 1 N–H and O–H groups in total. The molecule has 1 heterocycles. The summed E-state index contributed by atoms with van der Waals surface area (Å²) in [6.07, 6.45) is 4.53. The highest BCUT2D eigenvalue weighted by Crippen LogP contribution is 2.42. The Bertz CT molecular complexity index is 1240. The fourth-order valence-corrected chi connectivity index (χ4v) is 6.05. The van der Waals surface area contributed by atoms with Gasteiger partial charge in [0.2, 0.25) is 0 Å². The average molecular weight is 491 g/mol. The van der Waals surface area contributed by atoms with Gasteiger partial charge in [0.25, 0.3) is 11.8 Å². The summed E-state index contributed by atoms with van der Waals surface area (Å²) >= 11 is 8.01. The number of benzene rings is 3. The minimum Gasteiger partial charge on any atom is -0.349 e. The second-order valence-corrected chi connectivity index (χ2v) is 10.6. The topological polar surface area (TPSA) is 49.4 Å². The SMILES string of the molecule is C[C@H]1CCCC[C@@H]1NC(=O)c1ccc2c(c1)N(Cc1ccccc1Cl)C(=O)c1ccccc1S2. The number of halogens is 1. The second-order valence-electron chi connectivity index (χ2n) is 9.11. The van der Waals surface area contributed by atoms with Crippen molar-refractivity contribution in [2.24, 2.45) is 5.92 Å². The number of hydrogen-bond acceptors (Lipinski definition) is 3. The zero-order valence-electron chi connectivity index (χ0n) is 19.1. The third kappa shape index (κ3) is 4.59. The zero-order valence-corrected chi connectivity index (χ0v) is 20.7. The Morgan fingerprint density at radius 1 is 1.03 bits per heavy atom. The van der Waals surface area contributed by atoms with E-state index < -0.39 is 0 Å². The van der Waals surface area contributed by atoms with E-state index in [9.17, 15) is 9.59 Å². The van der Waals surface area contributed by atoms with Crippen molar-refractivity contribution in [2.45, 2.75) is 55.0 Å². The van der Waals surface area contributed by atoms with Gasteiger partial charge >= 0.3 is 0 Å². The van der Waals surface area contributed by atoms with Crippen LogP contribution in [0.4, 0.5) is 5.69 Å². The van der Waals surface area contributed by atoms with Crippen molar-refractivity contribution in [3.05, 3.63) is 88.4 Å². The van der Waals surface area contributed by atoms with E-state index >= 15 is 0 Å². The van der Waals surface area contributed by atoms with E-state index in [1.165, 1.54) is 6.42 Å². The molecule has 0 spiro atoms. The fraction of sp³-hybridized carbons (Fsp3) is 0.286. The summed E-state index contributed by atoms with van der Waals surface area (Å²) in [5.41, 5.74) is 2.81. The van der Waals surface area contributed by atoms with Gasteiger partial charge in [-0.25, -0.2) is 0 Å².